The lowest BCUT2D eigenvalue weighted by molar-refractivity contribution is 0.724. The maximum absolute atomic E-state index is 11.7. The first kappa shape index (κ1) is 11.0. The van der Waals surface area contributed by atoms with E-state index >= 15 is 0 Å². The fraction of sp³-hybridized carbons (Fsp3) is 0.182. The molecule has 0 aliphatic carbocycles. The fourth-order valence-electron chi connectivity index (χ4n) is 1.44. The minimum Gasteiger partial charge on any atom is -0.314 e. The maximum Gasteiger partial charge on any atom is 0.264 e. The van der Waals surface area contributed by atoms with Gasteiger partial charge in [-0.15, -0.1) is 0 Å². The van der Waals surface area contributed by atoms with Gasteiger partial charge in [0.05, 0.1) is 10.2 Å². The third-order valence-corrected chi connectivity index (χ3v) is 2.83. The van der Waals surface area contributed by atoms with Gasteiger partial charge in [-0.1, -0.05) is 0 Å². The smallest absolute Gasteiger partial charge is 0.264 e. The average molecular weight is 280 g/mol. The van der Waals surface area contributed by atoms with Gasteiger partial charge in [0.1, 0.15) is 6.33 Å². The standard InChI is InChI=1S/C11H10BrN3O/c1-2-15-6-8(5-9(12)11(15)16)10-3-4-13-7-14-10/h3-7H,2H2,1H3. The minimum atomic E-state index is -0.0275. The normalized spacial score (nSPS) is 10.4. The first-order valence-corrected chi connectivity index (χ1v) is 5.68. The van der Waals surface area contributed by atoms with Crippen molar-refractivity contribution >= 4 is 15.9 Å². The molecule has 2 heterocycles. The molecule has 0 bridgehead atoms. The zero-order valence-electron chi connectivity index (χ0n) is 8.72. The van der Waals surface area contributed by atoms with Crippen molar-refractivity contribution in [2.75, 3.05) is 0 Å². The lowest BCUT2D eigenvalue weighted by Gasteiger charge is -2.06. The molecule has 0 radical (unpaired) electrons. The molecule has 0 atom stereocenters. The van der Waals surface area contributed by atoms with Crippen molar-refractivity contribution < 1.29 is 0 Å². The third kappa shape index (κ3) is 2.04. The summed E-state index contributed by atoms with van der Waals surface area (Å²) in [6.07, 6.45) is 4.97. The van der Waals surface area contributed by atoms with Gasteiger partial charge in [-0.3, -0.25) is 4.79 Å². The number of rotatable bonds is 2. The van der Waals surface area contributed by atoms with Crippen molar-refractivity contribution in [2.24, 2.45) is 0 Å². The molecule has 0 unspecified atom stereocenters. The Labute approximate surface area is 101 Å². The Hall–Kier alpha value is -1.49. The van der Waals surface area contributed by atoms with Crippen molar-refractivity contribution in [3.8, 4) is 11.3 Å². The Kier molecular flexibility index (Phi) is 3.14. The highest BCUT2D eigenvalue weighted by molar-refractivity contribution is 9.10. The van der Waals surface area contributed by atoms with E-state index in [0.29, 0.717) is 11.0 Å². The summed E-state index contributed by atoms with van der Waals surface area (Å²) in [7, 11) is 0. The molecule has 2 rings (SSSR count). The van der Waals surface area contributed by atoms with Crippen LogP contribution >= 0.6 is 15.9 Å². The van der Waals surface area contributed by atoms with Crippen LogP contribution in [-0.4, -0.2) is 14.5 Å². The van der Waals surface area contributed by atoms with Gasteiger partial charge in [0, 0.05) is 24.5 Å². The van der Waals surface area contributed by atoms with Gasteiger partial charge >= 0.3 is 0 Å². The summed E-state index contributed by atoms with van der Waals surface area (Å²) in [5.41, 5.74) is 1.67. The number of aromatic nitrogens is 3. The van der Waals surface area contributed by atoms with Crippen molar-refractivity contribution in [2.45, 2.75) is 13.5 Å². The molecule has 0 N–H and O–H groups in total. The van der Waals surface area contributed by atoms with E-state index in [9.17, 15) is 4.79 Å². The number of pyridine rings is 1. The summed E-state index contributed by atoms with van der Waals surface area (Å²) >= 11 is 3.26. The summed E-state index contributed by atoms with van der Waals surface area (Å²) < 4.78 is 2.19. The largest absolute Gasteiger partial charge is 0.314 e. The molecule has 82 valence electrons. The molecule has 0 aromatic carbocycles. The van der Waals surface area contributed by atoms with Gasteiger partial charge in [0.25, 0.3) is 5.56 Å². The van der Waals surface area contributed by atoms with Crippen LogP contribution in [-0.2, 0) is 6.54 Å². The molecule has 2 aromatic heterocycles. The molecule has 0 saturated heterocycles. The van der Waals surface area contributed by atoms with Gasteiger partial charge in [-0.2, -0.15) is 0 Å². The van der Waals surface area contributed by atoms with Crippen LogP contribution in [0, 0.1) is 0 Å². The predicted molar refractivity (Wildman–Crippen MR) is 65.1 cm³/mol. The molecule has 0 spiro atoms. The molecule has 5 heteroatoms. The lowest BCUT2D eigenvalue weighted by Crippen LogP contribution is -2.19. The number of halogens is 1. The van der Waals surface area contributed by atoms with Gasteiger partial charge in [0.2, 0.25) is 0 Å². The SMILES string of the molecule is CCn1cc(-c2ccncn2)cc(Br)c1=O. The molecule has 0 aliphatic rings. The Balaban J connectivity index is 2.60. The third-order valence-electron chi connectivity index (χ3n) is 2.26. The number of hydrogen-bond acceptors (Lipinski definition) is 3. The quantitative estimate of drug-likeness (QED) is 0.846. The van der Waals surface area contributed by atoms with E-state index in [1.54, 1.807) is 23.0 Å². The van der Waals surface area contributed by atoms with Crippen LogP contribution in [0.3, 0.4) is 0 Å². The van der Waals surface area contributed by atoms with Crippen molar-refractivity contribution in [3.63, 3.8) is 0 Å². The van der Waals surface area contributed by atoms with Crippen LogP contribution in [0.2, 0.25) is 0 Å². The van der Waals surface area contributed by atoms with E-state index in [0.717, 1.165) is 11.3 Å². The summed E-state index contributed by atoms with van der Waals surface area (Å²) in [4.78, 5) is 19.7. The second-order valence-corrected chi connectivity index (χ2v) is 4.12. The molecular weight excluding hydrogens is 270 g/mol. The number of hydrogen-bond donors (Lipinski definition) is 0. The predicted octanol–water partition coefficient (Wildman–Crippen LogP) is 2.09. The Morgan fingerprint density at radius 3 is 2.94 bits per heavy atom. The summed E-state index contributed by atoms with van der Waals surface area (Å²) in [5.74, 6) is 0. The second kappa shape index (κ2) is 4.57. The molecule has 0 fully saturated rings. The monoisotopic (exact) mass is 279 g/mol. The van der Waals surface area contributed by atoms with Gasteiger partial charge in [0.15, 0.2) is 0 Å². The highest BCUT2D eigenvalue weighted by Crippen LogP contribution is 2.17. The van der Waals surface area contributed by atoms with Gasteiger partial charge < -0.3 is 4.57 Å². The van der Waals surface area contributed by atoms with Crippen LogP contribution in [0.5, 0.6) is 0 Å². The number of nitrogens with zero attached hydrogens (tertiary/aromatic N) is 3. The molecular formula is C11H10BrN3O. The maximum atomic E-state index is 11.7. The zero-order chi connectivity index (χ0) is 11.5. The lowest BCUT2D eigenvalue weighted by atomic mass is 10.2. The second-order valence-electron chi connectivity index (χ2n) is 3.26. The summed E-state index contributed by atoms with van der Waals surface area (Å²) in [5, 5.41) is 0. The Morgan fingerprint density at radius 1 is 1.50 bits per heavy atom. The topological polar surface area (TPSA) is 47.8 Å². The van der Waals surface area contributed by atoms with E-state index < -0.39 is 0 Å². The van der Waals surface area contributed by atoms with E-state index in [1.807, 2.05) is 13.0 Å². The summed E-state index contributed by atoms with van der Waals surface area (Å²) in [6, 6.07) is 3.59. The van der Waals surface area contributed by atoms with Crippen LogP contribution in [0.4, 0.5) is 0 Å². The highest BCUT2D eigenvalue weighted by Gasteiger charge is 2.05. The van der Waals surface area contributed by atoms with Crippen molar-refractivity contribution in [3.05, 3.63) is 45.7 Å². The Bertz CT molecular complexity index is 551. The molecule has 4 nitrogen and oxygen atoms in total. The molecule has 16 heavy (non-hydrogen) atoms. The fourth-order valence-corrected chi connectivity index (χ4v) is 1.91. The van der Waals surface area contributed by atoms with Crippen molar-refractivity contribution in [1.82, 2.24) is 14.5 Å². The van der Waals surface area contributed by atoms with E-state index in [2.05, 4.69) is 25.9 Å². The van der Waals surface area contributed by atoms with Crippen molar-refractivity contribution in [1.29, 1.82) is 0 Å². The van der Waals surface area contributed by atoms with E-state index in [4.69, 9.17) is 0 Å². The first-order valence-electron chi connectivity index (χ1n) is 4.88. The number of aryl methyl sites for hydroxylation is 1. The highest BCUT2D eigenvalue weighted by atomic mass is 79.9. The molecule has 2 aromatic rings. The Morgan fingerprint density at radius 2 is 2.31 bits per heavy atom. The van der Waals surface area contributed by atoms with Crippen LogP contribution in [0.15, 0.2) is 40.1 Å². The molecule has 0 aliphatic heterocycles. The molecule has 0 amide bonds. The van der Waals surface area contributed by atoms with E-state index in [1.165, 1.54) is 6.33 Å². The summed E-state index contributed by atoms with van der Waals surface area (Å²) in [6.45, 7) is 2.56. The average Bonchev–Trinajstić information content (AvgIpc) is 2.33. The minimum absolute atomic E-state index is 0.0275. The van der Waals surface area contributed by atoms with Crippen LogP contribution in [0.25, 0.3) is 11.3 Å². The van der Waals surface area contributed by atoms with Gasteiger partial charge in [-0.05, 0) is 35.0 Å². The van der Waals surface area contributed by atoms with E-state index in [-0.39, 0.29) is 5.56 Å². The van der Waals surface area contributed by atoms with Crippen LogP contribution in [0.1, 0.15) is 6.92 Å². The first-order chi connectivity index (χ1) is 7.72. The zero-order valence-corrected chi connectivity index (χ0v) is 10.3. The molecule has 0 saturated carbocycles. The van der Waals surface area contributed by atoms with Crippen LogP contribution < -0.4 is 5.56 Å². The van der Waals surface area contributed by atoms with Gasteiger partial charge in [-0.25, -0.2) is 9.97 Å².